The molecule has 2 nitrogen and oxygen atoms in total. The van der Waals surface area contributed by atoms with Crippen LogP contribution in [0.3, 0.4) is 0 Å². The minimum atomic E-state index is -0.279. The molecule has 1 atom stereocenters. The molecule has 38 heavy (non-hydrogen) atoms. The highest BCUT2D eigenvalue weighted by molar-refractivity contribution is 6.05. The monoisotopic (exact) mass is 490 g/mol. The summed E-state index contributed by atoms with van der Waals surface area (Å²) in [5, 5.41) is 3.29. The number of likely N-dealkylation sites (N-methyl/N-ethyl adjacent to an activating group) is 1. The van der Waals surface area contributed by atoms with E-state index in [0.717, 1.165) is 34.5 Å². The van der Waals surface area contributed by atoms with E-state index in [9.17, 15) is 0 Å². The summed E-state index contributed by atoms with van der Waals surface area (Å²) >= 11 is 0. The average Bonchev–Trinajstić information content (AvgIpc) is 3.21. The molecule has 1 unspecified atom stereocenters. The second-order valence-corrected chi connectivity index (χ2v) is 9.06. The van der Waals surface area contributed by atoms with E-state index in [1.807, 2.05) is 31.3 Å². The molecule has 1 aliphatic carbocycles. The highest BCUT2D eigenvalue weighted by Gasteiger charge is 2.13. The summed E-state index contributed by atoms with van der Waals surface area (Å²) in [5.74, 6) is 7.40. The molecule has 0 saturated heterocycles. The van der Waals surface area contributed by atoms with Gasteiger partial charge in [0.25, 0.3) is 0 Å². The van der Waals surface area contributed by atoms with Crippen LogP contribution in [0.15, 0.2) is 126 Å². The Kier molecular flexibility index (Phi) is 7.80. The lowest BCUT2D eigenvalue weighted by Crippen LogP contribution is -2.21. The van der Waals surface area contributed by atoms with Crippen molar-refractivity contribution >= 4 is 18.0 Å². The Hall–Kier alpha value is -4.83. The van der Waals surface area contributed by atoms with Crippen molar-refractivity contribution in [2.75, 3.05) is 7.05 Å². The molecule has 0 aliphatic heterocycles. The van der Waals surface area contributed by atoms with Crippen LogP contribution in [0.25, 0.3) is 34.4 Å². The Morgan fingerprint density at radius 3 is 2.13 bits per heavy atom. The van der Waals surface area contributed by atoms with Crippen molar-refractivity contribution < 1.29 is 0 Å². The third-order valence-electron chi connectivity index (χ3n) is 6.50. The van der Waals surface area contributed by atoms with Crippen molar-refractivity contribution in [3.8, 4) is 34.1 Å². The molecule has 0 saturated carbocycles. The van der Waals surface area contributed by atoms with Crippen LogP contribution >= 0.6 is 0 Å². The maximum atomic E-state index is 5.08. The van der Waals surface area contributed by atoms with Crippen molar-refractivity contribution in [2.45, 2.75) is 19.4 Å². The van der Waals surface area contributed by atoms with Crippen LogP contribution < -0.4 is 5.32 Å². The number of rotatable bonds is 5. The number of amidine groups is 1. The molecule has 1 N–H and O–H groups in total. The summed E-state index contributed by atoms with van der Waals surface area (Å²) in [6, 6.07) is 35.8. The van der Waals surface area contributed by atoms with Gasteiger partial charge in [0.2, 0.25) is 0 Å². The maximum absolute atomic E-state index is 5.08. The van der Waals surface area contributed by atoms with Crippen LogP contribution in [-0.4, -0.2) is 12.9 Å². The van der Waals surface area contributed by atoms with Gasteiger partial charge in [-0.25, -0.2) is 4.99 Å². The normalized spacial score (nSPS) is 13.0. The van der Waals surface area contributed by atoms with Crippen molar-refractivity contribution in [2.24, 2.45) is 4.99 Å². The largest absolute Gasteiger partial charge is 0.373 e. The van der Waals surface area contributed by atoms with Crippen molar-refractivity contribution in [3.63, 3.8) is 0 Å². The second kappa shape index (κ2) is 11.9. The van der Waals surface area contributed by atoms with Crippen molar-refractivity contribution in [1.82, 2.24) is 5.32 Å². The van der Waals surface area contributed by atoms with E-state index < -0.39 is 0 Å². The van der Waals surface area contributed by atoms with Crippen LogP contribution in [0.5, 0.6) is 0 Å². The molecular weight excluding hydrogens is 460 g/mol. The predicted molar refractivity (Wildman–Crippen MR) is 162 cm³/mol. The van der Waals surface area contributed by atoms with Gasteiger partial charge in [0.1, 0.15) is 11.9 Å². The molecular formula is C36H30N2. The molecule has 4 aromatic rings. The van der Waals surface area contributed by atoms with Gasteiger partial charge in [-0.1, -0.05) is 110 Å². The molecule has 184 valence electrons. The number of fused-ring (bicyclic) bond motifs is 1. The van der Waals surface area contributed by atoms with Gasteiger partial charge in [0, 0.05) is 19.0 Å². The third-order valence-corrected chi connectivity index (χ3v) is 6.50. The maximum Gasteiger partial charge on any atom is 0.138 e. The summed E-state index contributed by atoms with van der Waals surface area (Å²) in [7, 11) is 1.90. The first-order valence-electron chi connectivity index (χ1n) is 13.0. The highest BCUT2D eigenvalue weighted by atomic mass is 15.0. The van der Waals surface area contributed by atoms with Crippen LogP contribution in [-0.2, 0) is 0 Å². The van der Waals surface area contributed by atoms with E-state index in [4.69, 9.17) is 4.99 Å². The zero-order valence-electron chi connectivity index (χ0n) is 21.8. The van der Waals surface area contributed by atoms with Crippen LogP contribution in [0.1, 0.15) is 36.1 Å². The number of hydrogen-bond acceptors (Lipinski definition) is 1. The molecule has 1 aliphatic rings. The average molecular weight is 491 g/mol. The van der Waals surface area contributed by atoms with Gasteiger partial charge in [-0.15, -0.1) is 11.7 Å². The zero-order chi connectivity index (χ0) is 26.2. The Morgan fingerprint density at radius 1 is 0.763 bits per heavy atom. The van der Waals surface area contributed by atoms with Gasteiger partial charge in [0.15, 0.2) is 0 Å². The standard InChI is InChI=1S/C36H30N2/c1-3-4-20-35(38-36(37-2)34-19-10-16-28-14-8-9-15-31(28)26-34)30-23-21-29(22-24-30)33-18-11-17-32(25-33)27-12-6-5-7-13-27/h5-9,11-19,21-26,35H,3H2,1-2H3,(H,37,38). The predicted octanol–water partition coefficient (Wildman–Crippen LogP) is 8.36. The fourth-order valence-electron chi connectivity index (χ4n) is 4.51. The first kappa shape index (κ1) is 24.8. The first-order valence-corrected chi connectivity index (χ1v) is 13.0. The Bertz CT molecular complexity index is 1600. The van der Waals surface area contributed by atoms with Crippen LogP contribution in [0.2, 0.25) is 0 Å². The van der Waals surface area contributed by atoms with E-state index in [1.54, 1.807) is 0 Å². The Morgan fingerprint density at radius 2 is 1.42 bits per heavy atom. The second-order valence-electron chi connectivity index (χ2n) is 9.06. The summed E-state index contributed by atoms with van der Waals surface area (Å²) in [6.07, 6.45) is 6.91. The quantitative estimate of drug-likeness (QED) is 0.129. The summed E-state index contributed by atoms with van der Waals surface area (Å²) in [5.41, 5.74) is 12.4. The van der Waals surface area contributed by atoms with E-state index in [0.29, 0.717) is 0 Å². The minimum Gasteiger partial charge on any atom is -0.373 e. The molecule has 2 heteroatoms. The van der Waals surface area contributed by atoms with Gasteiger partial charge >= 0.3 is 0 Å². The number of hydrogen-bond donors (Lipinski definition) is 1. The SMILES string of the molecule is CCC#CC(/N=C(\NC)C1=Cc2ccccc2C=C=C1)c1ccc(-c2cccc(-c3ccccc3)c2)cc1. The van der Waals surface area contributed by atoms with Gasteiger partial charge in [0.05, 0.1) is 0 Å². The minimum absolute atomic E-state index is 0.279. The molecule has 0 heterocycles. The van der Waals surface area contributed by atoms with E-state index in [1.165, 1.54) is 22.3 Å². The molecule has 0 aromatic heterocycles. The molecule has 0 spiro atoms. The fraction of sp³-hybridized carbons (Fsp3) is 0.111. The first-order chi connectivity index (χ1) is 18.7. The number of nitrogens with zero attached hydrogens (tertiary/aromatic N) is 1. The lowest BCUT2D eigenvalue weighted by atomic mass is 9.97. The molecule has 0 radical (unpaired) electrons. The van der Waals surface area contributed by atoms with Gasteiger partial charge in [-0.05, 0) is 63.2 Å². The van der Waals surface area contributed by atoms with E-state index in [2.05, 4.69) is 127 Å². The fourth-order valence-corrected chi connectivity index (χ4v) is 4.51. The third kappa shape index (κ3) is 5.76. The Balaban J connectivity index is 1.46. The lowest BCUT2D eigenvalue weighted by molar-refractivity contribution is 0.925. The summed E-state index contributed by atoms with van der Waals surface area (Å²) in [4.78, 5) is 5.08. The van der Waals surface area contributed by atoms with Crippen LogP contribution in [0, 0.1) is 11.8 Å². The molecule has 5 rings (SSSR count). The van der Waals surface area contributed by atoms with Gasteiger partial charge in [-0.3, -0.25) is 0 Å². The van der Waals surface area contributed by atoms with Crippen LogP contribution in [0.4, 0.5) is 0 Å². The van der Waals surface area contributed by atoms with Crippen molar-refractivity contribution in [1.29, 1.82) is 0 Å². The lowest BCUT2D eigenvalue weighted by Gasteiger charge is -2.13. The smallest absolute Gasteiger partial charge is 0.138 e. The highest BCUT2D eigenvalue weighted by Crippen LogP contribution is 2.28. The van der Waals surface area contributed by atoms with E-state index >= 15 is 0 Å². The van der Waals surface area contributed by atoms with Crippen molar-refractivity contribution in [3.05, 3.63) is 137 Å². The number of nitrogens with one attached hydrogen (secondary N) is 1. The van der Waals surface area contributed by atoms with Gasteiger partial charge in [-0.2, -0.15) is 0 Å². The Labute approximate surface area is 225 Å². The summed E-state index contributed by atoms with van der Waals surface area (Å²) in [6.45, 7) is 2.06. The zero-order valence-corrected chi connectivity index (χ0v) is 21.8. The molecule has 0 bridgehead atoms. The topological polar surface area (TPSA) is 24.4 Å². The number of benzene rings is 4. The number of aliphatic imine (C=N–C) groups is 1. The van der Waals surface area contributed by atoms with E-state index in [-0.39, 0.29) is 6.04 Å². The molecule has 0 fully saturated rings. The molecule has 4 aromatic carbocycles. The summed E-state index contributed by atoms with van der Waals surface area (Å²) < 4.78 is 0. The molecule has 0 amide bonds. The van der Waals surface area contributed by atoms with Gasteiger partial charge < -0.3 is 5.32 Å².